The summed E-state index contributed by atoms with van der Waals surface area (Å²) in [6.07, 6.45) is 9.47. The summed E-state index contributed by atoms with van der Waals surface area (Å²) < 4.78 is 5.19. The lowest BCUT2D eigenvalue weighted by Crippen LogP contribution is -2.21. The summed E-state index contributed by atoms with van der Waals surface area (Å²) in [5, 5.41) is 22.0. The maximum Gasteiger partial charge on any atom is 0.302 e. The fourth-order valence-corrected chi connectivity index (χ4v) is 4.62. The molecule has 0 amide bonds. The first-order valence-electron chi connectivity index (χ1n) is 11.6. The van der Waals surface area contributed by atoms with Gasteiger partial charge in [0.25, 0.3) is 0 Å². The lowest BCUT2D eigenvalue weighted by molar-refractivity contribution is -0.140. The summed E-state index contributed by atoms with van der Waals surface area (Å²) in [7, 11) is 0. The standard InChI is InChI=1S/C27H40O4/c1-7-8-9-10-13-27(5,6)21-15-24(29)26(25(30)16-21)23-14-20(17-31-19(4)28)11-12-22(23)18(2)3/h14-16,22-23,29-30H,2,7-13,17H2,1,3-6H3/t22-,23+/m1/s1. The fraction of sp³-hybridized carbons (Fsp3) is 0.593. The molecule has 0 aliphatic heterocycles. The third-order valence-corrected chi connectivity index (χ3v) is 6.63. The van der Waals surface area contributed by atoms with Crippen molar-refractivity contribution in [3.63, 3.8) is 0 Å². The highest BCUT2D eigenvalue weighted by molar-refractivity contribution is 5.66. The Labute approximate surface area is 188 Å². The van der Waals surface area contributed by atoms with Crippen LogP contribution in [0.15, 0.2) is 35.9 Å². The maximum atomic E-state index is 11.2. The summed E-state index contributed by atoms with van der Waals surface area (Å²) in [5.41, 5.74) is 3.40. The molecule has 2 rings (SSSR count). The van der Waals surface area contributed by atoms with Crippen molar-refractivity contribution in [2.24, 2.45) is 5.92 Å². The van der Waals surface area contributed by atoms with Crippen molar-refractivity contribution in [3.8, 4) is 11.5 Å². The van der Waals surface area contributed by atoms with Crippen molar-refractivity contribution in [1.82, 2.24) is 0 Å². The Bertz CT molecular complexity index is 796. The summed E-state index contributed by atoms with van der Waals surface area (Å²) in [5.74, 6) is -0.143. The molecule has 0 aromatic heterocycles. The maximum absolute atomic E-state index is 11.2. The minimum absolute atomic E-state index is 0.116. The number of unbranched alkanes of at least 4 members (excludes halogenated alkanes) is 3. The summed E-state index contributed by atoms with van der Waals surface area (Å²) in [6.45, 7) is 14.3. The van der Waals surface area contributed by atoms with Gasteiger partial charge in [-0.2, -0.15) is 0 Å². The van der Waals surface area contributed by atoms with Crippen LogP contribution in [-0.2, 0) is 14.9 Å². The normalized spacial score (nSPS) is 19.1. The van der Waals surface area contributed by atoms with Crippen LogP contribution >= 0.6 is 0 Å². The summed E-state index contributed by atoms with van der Waals surface area (Å²) >= 11 is 0. The topological polar surface area (TPSA) is 66.8 Å². The average molecular weight is 429 g/mol. The van der Waals surface area contributed by atoms with Crippen LogP contribution < -0.4 is 0 Å². The van der Waals surface area contributed by atoms with Gasteiger partial charge in [-0.3, -0.25) is 4.79 Å². The van der Waals surface area contributed by atoms with E-state index in [1.807, 2.05) is 25.1 Å². The van der Waals surface area contributed by atoms with Crippen molar-refractivity contribution in [3.05, 3.63) is 47.1 Å². The molecule has 4 nitrogen and oxygen atoms in total. The Balaban J connectivity index is 2.35. The van der Waals surface area contributed by atoms with Crippen LogP contribution in [0.25, 0.3) is 0 Å². The van der Waals surface area contributed by atoms with E-state index in [1.54, 1.807) is 0 Å². The number of esters is 1. The molecule has 1 aromatic rings. The van der Waals surface area contributed by atoms with E-state index in [4.69, 9.17) is 4.74 Å². The van der Waals surface area contributed by atoms with E-state index >= 15 is 0 Å². The molecular weight excluding hydrogens is 388 g/mol. The third kappa shape index (κ3) is 6.62. The molecule has 4 heteroatoms. The zero-order chi connectivity index (χ0) is 23.2. The van der Waals surface area contributed by atoms with Crippen molar-refractivity contribution in [2.75, 3.05) is 6.61 Å². The van der Waals surface area contributed by atoms with E-state index in [0.29, 0.717) is 5.56 Å². The van der Waals surface area contributed by atoms with Crippen molar-refractivity contribution in [2.45, 2.75) is 90.9 Å². The van der Waals surface area contributed by atoms with Gasteiger partial charge in [-0.05, 0) is 60.8 Å². The van der Waals surface area contributed by atoms with Crippen LogP contribution in [0.3, 0.4) is 0 Å². The van der Waals surface area contributed by atoms with Gasteiger partial charge in [0, 0.05) is 18.4 Å². The highest BCUT2D eigenvalue weighted by Crippen LogP contribution is 2.48. The first kappa shape index (κ1) is 25.0. The predicted octanol–water partition coefficient (Wildman–Crippen LogP) is 6.91. The average Bonchev–Trinajstić information content (AvgIpc) is 2.69. The monoisotopic (exact) mass is 428 g/mol. The summed E-state index contributed by atoms with van der Waals surface area (Å²) in [6, 6.07) is 3.64. The van der Waals surface area contributed by atoms with Gasteiger partial charge >= 0.3 is 5.97 Å². The number of hydrogen-bond donors (Lipinski definition) is 2. The number of rotatable bonds is 10. The van der Waals surface area contributed by atoms with Crippen LogP contribution in [0.5, 0.6) is 11.5 Å². The minimum Gasteiger partial charge on any atom is -0.507 e. The SMILES string of the molecule is C=C(C)[C@H]1CCC(COC(C)=O)=C[C@@H]1c1c(O)cc(C(C)(C)CCCCCC)cc1O. The van der Waals surface area contributed by atoms with Crippen molar-refractivity contribution >= 4 is 5.97 Å². The van der Waals surface area contributed by atoms with Gasteiger partial charge in [0.1, 0.15) is 18.1 Å². The second-order valence-corrected chi connectivity index (χ2v) is 9.75. The molecule has 0 bridgehead atoms. The molecule has 1 aliphatic carbocycles. The van der Waals surface area contributed by atoms with E-state index in [9.17, 15) is 15.0 Å². The minimum atomic E-state index is -0.310. The smallest absolute Gasteiger partial charge is 0.302 e. The molecular formula is C27H40O4. The first-order chi connectivity index (χ1) is 14.6. The number of allylic oxidation sites excluding steroid dienone is 2. The van der Waals surface area contributed by atoms with Gasteiger partial charge in [-0.1, -0.05) is 64.7 Å². The van der Waals surface area contributed by atoms with Crippen LogP contribution in [0, 0.1) is 5.92 Å². The van der Waals surface area contributed by atoms with Gasteiger partial charge in [0.2, 0.25) is 0 Å². The van der Waals surface area contributed by atoms with Crippen LogP contribution in [-0.4, -0.2) is 22.8 Å². The number of phenolic OH excluding ortho intramolecular Hbond substituents is 2. The Hall–Kier alpha value is -2.23. The highest BCUT2D eigenvalue weighted by Gasteiger charge is 2.32. The van der Waals surface area contributed by atoms with Gasteiger partial charge in [0.05, 0.1) is 0 Å². The van der Waals surface area contributed by atoms with Crippen LogP contribution in [0.4, 0.5) is 0 Å². The second kappa shape index (κ2) is 10.9. The zero-order valence-corrected chi connectivity index (χ0v) is 20.0. The zero-order valence-electron chi connectivity index (χ0n) is 20.0. The van der Waals surface area contributed by atoms with Crippen LogP contribution in [0.2, 0.25) is 0 Å². The molecule has 0 unspecified atom stereocenters. The number of benzene rings is 1. The lowest BCUT2D eigenvalue weighted by Gasteiger charge is -2.33. The van der Waals surface area contributed by atoms with E-state index in [-0.39, 0.29) is 41.3 Å². The van der Waals surface area contributed by atoms with E-state index in [1.165, 1.54) is 26.2 Å². The molecule has 0 fully saturated rings. The Kier molecular flexibility index (Phi) is 8.79. The van der Waals surface area contributed by atoms with Gasteiger partial charge in [-0.15, -0.1) is 0 Å². The Morgan fingerprint density at radius 3 is 2.35 bits per heavy atom. The number of carbonyl (C=O) groups excluding carboxylic acids is 1. The van der Waals surface area contributed by atoms with E-state index in [2.05, 4.69) is 27.4 Å². The first-order valence-corrected chi connectivity index (χ1v) is 11.6. The molecule has 0 saturated carbocycles. The van der Waals surface area contributed by atoms with E-state index in [0.717, 1.165) is 42.4 Å². The fourth-order valence-electron chi connectivity index (χ4n) is 4.62. The molecule has 0 saturated heterocycles. The molecule has 1 aromatic carbocycles. The number of hydrogen-bond acceptors (Lipinski definition) is 4. The molecule has 1 aliphatic rings. The number of carbonyl (C=O) groups is 1. The second-order valence-electron chi connectivity index (χ2n) is 9.75. The van der Waals surface area contributed by atoms with Gasteiger partial charge in [-0.25, -0.2) is 0 Å². The highest BCUT2D eigenvalue weighted by atomic mass is 16.5. The van der Waals surface area contributed by atoms with Gasteiger partial charge < -0.3 is 14.9 Å². The molecule has 0 radical (unpaired) electrons. The van der Waals surface area contributed by atoms with Crippen molar-refractivity contribution in [1.29, 1.82) is 0 Å². The quantitative estimate of drug-likeness (QED) is 0.241. The summed E-state index contributed by atoms with van der Waals surface area (Å²) in [4.78, 5) is 11.2. The Morgan fingerprint density at radius 1 is 1.16 bits per heavy atom. The van der Waals surface area contributed by atoms with Crippen molar-refractivity contribution < 1.29 is 19.7 Å². The number of phenols is 2. The molecule has 2 atom stereocenters. The molecule has 2 N–H and O–H groups in total. The lowest BCUT2D eigenvalue weighted by atomic mass is 9.72. The molecule has 0 heterocycles. The molecule has 31 heavy (non-hydrogen) atoms. The van der Waals surface area contributed by atoms with E-state index < -0.39 is 0 Å². The molecule has 0 spiro atoms. The van der Waals surface area contributed by atoms with Gasteiger partial charge in [0.15, 0.2) is 0 Å². The number of aromatic hydroxyl groups is 2. The van der Waals surface area contributed by atoms with Crippen LogP contribution in [0.1, 0.15) is 96.6 Å². The Morgan fingerprint density at radius 2 is 1.81 bits per heavy atom. The molecule has 172 valence electrons. The largest absolute Gasteiger partial charge is 0.507 e. The predicted molar refractivity (Wildman–Crippen MR) is 127 cm³/mol. The third-order valence-electron chi connectivity index (χ3n) is 6.63. The number of ether oxygens (including phenoxy) is 1.